The van der Waals surface area contributed by atoms with Gasteiger partial charge in [0.05, 0.1) is 6.04 Å². The lowest BCUT2D eigenvalue weighted by Crippen LogP contribution is -2.28. The number of aliphatic imine (C=N–C) groups is 1. The van der Waals surface area contributed by atoms with Crippen molar-refractivity contribution in [1.82, 2.24) is 0 Å². The van der Waals surface area contributed by atoms with E-state index in [2.05, 4.69) is 11.9 Å². The van der Waals surface area contributed by atoms with Crippen molar-refractivity contribution < 1.29 is 4.79 Å². The second-order valence-corrected chi connectivity index (χ2v) is 2.53. The van der Waals surface area contributed by atoms with Gasteiger partial charge >= 0.3 is 0 Å². The maximum Gasteiger partial charge on any atom is 0.235 e. The summed E-state index contributed by atoms with van der Waals surface area (Å²) in [6, 6.07) is 0.312. The normalized spacial score (nSPS) is 32.6. The molecule has 2 atom stereocenters. The van der Waals surface area contributed by atoms with Gasteiger partial charge in [0.2, 0.25) is 6.08 Å². The molecule has 0 N–H and O–H groups in total. The van der Waals surface area contributed by atoms with Crippen LogP contribution in [0.1, 0.15) is 26.2 Å². The van der Waals surface area contributed by atoms with Crippen molar-refractivity contribution in [3.05, 3.63) is 0 Å². The molecule has 2 heteroatoms. The summed E-state index contributed by atoms with van der Waals surface area (Å²) in [5.74, 6) is 0.673. The summed E-state index contributed by atoms with van der Waals surface area (Å²) in [4.78, 5) is 13.5. The average Bonchev–Trinajstić information content (AvgIpc) is 1.82. The molecule has 0 bridgehead atoms. The molecule has 1 aliphatic rings. The van der Waals surface area contributed by atoms with Crippen LogP contribution in [0, 0.1) is 5.92 Å². The summed E-state index contributed by atoms with van der Waals surface area (Å²) in [6.45, 7) is 2.14. The third-order valence-electron chi connectivity index (χ3n) is 2.12. The van der Waals surface area contributed by atoms with Crippen LogP contribution in [0.15, 0.2) is 4.99 Å². The van der Waals surface area contributed by atoms with Gasteiger partial charge in [-0.25, -0.2) is 9.79 Å². The summed E-state index contributed by atoms with van der Waals surface area (Å²) >= 11 is 0. The van der Waals surface area contributed by atoms with E-state index in [1.165, 1.54) is 6.42 Å². The Bertz CT molecular complexity index is 136. The zero-order valence-electron chi connectivity index (χ0n) is 5.63. The van der Waals surface area contributed by atoms with Crippen molar-refractivity contribution in [3.63, 3.8) is 0 Å². The molecule has 1 fully saturated rings. The molecule has 2 nitrogen and oxygen atoms in total. The van der Waals surface area contributed by atoms with Gasteiger partial charge in [-0.3, -0.25) is 0 Å². The predicted molar refractivity (Wildman–Crippen MR) is 34.9 cm³/mol. The summed E-state index contributed by atoms with van der Waals surface area (Å²) in [5, 5.41) is 0. The molecule has 1 saturated carbocycles. The van der Waals surface area contributed by atoms with Gasteiger partial charge in [0.25, 0.3) is 0 Å². The molecule has 9 heavy (non-hydrogen) atoms. The van der Waals surface area contributed by atoms with Crippen LogP contribution >= 0.6 is 0 Å². The van der Waals surface area contributed by atoms with Crippen molar-refractivity contribution in [1.29, 1.82) is 0 Å². The molecule has 0 radical (unpaired) electrons. The lowest BCUT2D eigenvalue weighted by molar-refractivity contribution is 0.251. The molecular weight excluding hydrogens is 114 g/mol. The van der Waals surface area contributed by atoms with Gasteiger partial charge in [-0.2, -0.15) is 0 Å². The fraction of sp³-hybridized carbons (Fsp3) is 0.857. The monoisotopic (exact) mass is 125 g/mol. The molecule has 1 unspecified atom stereocenters. The molecule has 0 saturated heterocycles. The largest absolute Gasteiger partial charge is 0.235 e. The molecule has 0 spiro atoms. The Balaban J connectivity index is 2.35. The molecule has 1 aliphatic carbocycles. The highest BCUT2D eigenvalue weighted by atomic mass is 16.1. The maximum absolute atomic E-state index is 9.78. The second-order valence-electron chi connectivity index (χ2n) is 2.53. The van der Waals surface area contributed by atoms with E-state index in [9.17, 15) is 4.79 Å². The number of hydrogen-bond acceptors (Lipinski definition) is 2. The number of hydrogen-bond donors (Lipinski definition) is 0. The molecular formula is C7H11NO. The van der Waals surface area contributed by atoms with Crippen LogP contribution in [0.2, 0.25) is 0 Å². The fourth-order valence-corrected chi connectivity index (χ4v) is 1.27. The standard InChI is InChI=1S/C7H11NO/c1-2-6-3-4-7(6)8-5-9/h6-7H,2-4H2,1H3/t6-,7?/m1/s1. The zero-order chi connectivity index (χ0) is 6.69. The first-order chi connectivity index (χ1) is 4.38. The highest BCUT2D eigenvalue weighted by molar-refractivity contribution is 5.34. The molecule has 50 valence electrons. The fourth-order valence-electron chi connectivity index (χ4n) is 1.27. The quantitative estimate of drug-likeness (QED) is 0.406. The molecule has 0 aromatic heterocycles. The zero-order valence-corrected chi connectivity index (χ0v) is 5.63. The second kappa shape index (κ2) is 2.79. The lowest BCUT2D eigenvalue weighted by Gasteiger charge is -2.31. The van der Waals surface area contributed by atoms with E-state index in [1.807, 2.05) is 0 Å². The van der Waals surface area contributed by atoms with Crippen LogP contribution in [0.25, 0.3) is 0 Å². The average molecular weight is 125 g/mol. The van der Waals surface area contributed by atoms with E-state index in [0.717, 1.165) is 12.8 Å². The van der Waals surface area contributed by atoms with E-state index in [1.54, 1.807) is 6.08 Å². The van der Waals surface area contributed by atoms with Gasteiger partial charge < -0.3 is 0 Å². The van der Waals surface area contributed by atoms with Crippen LogP contribution in [0.3, 0.4) is 0 Å². The van der Waals surface area contributed by atoms with Gasteiger partial charge in [0, 0.05) is 0 Å². The number of isocyanates is 1. The predicted octanol–water partition coefficient (Wildman–Crippen LogP) is 1.51. The van der Waals surface area contributed by atoms with E-state index >= 15 is 0 Å². The van der Waals surface area contributed by atoms with Crippen LogP contribution in [0.4, 0.5) is 0 Å². The van der Waals surface area contributed by atoms with E-state index < -0.39 is 0 Å². The molecule has 0 amide bonds. The topological polar surface area (TPSA) is 29.4 Å². The number of rotatable bonds is 2. The SMILES string of the molecule is CC[C@@H]1CCC1N=C=O. The summed E-state index contributed by atoms with van der Waals surface area (Å²) < 4.78 is 0. The van der Waals surface area contributed by atoms with Crippen molar-refractivity contribution in [2.45, 2.75) is 32.2 Å². The van der Waals surface area contributed by atoms with Gasteiger partial charge in [-0.05, 0) is 18.8 Å². The van der Waals surface area contributed by atoms with Gasteiger partial charge in [-0.15, -0.1) is 0 Å². The van der Waals surface area contributed by atoms with E-state index in [-0.39, 0.29) is 0 Å². The number of carbonyl (C=O) groups excluding carboxylic acids is 1. The smallest absolute Gasteiger partial charge is 0.211 e. The van der Waals surface area contributed by atoms with E-state index in [0.29, 0.717) is 12.0 Å². The van der Waals surface area contributed by atoms with Crippen molar-refractivity contribution in [3.8, 4) is 0 Å². The minimum atomic E-state index is 0.312. The van der Waals surface area contributed by atoms with Crippen molar-refractivity contribution in [2.24, 2.45) is 10.9 Å². The molecule has 0 aliphatic heterocycles. The van der Waals surface area contributed by atoms with Crippen LogP contribution in [-0.4, -0.2) is 12.1 Å². The Labute approximate surface area is 55.0 Å². The van der Waals surface area contributed by atoms with E-state index in [4.69, 9.17) is 0 Å². The third-order valence-corrected chi connectivity index (χ3v) is 2.12. The minimum absolute atomic E-state index is 0.312. The van der Waals surface area contributed by atoms with Crippen LogP contribution < -0.4 is 0 Å². The Hall–Kier alpha value is -0.620. The highest BCUT2D eigenvalue weighted by Crippen LogP contribution is 2.32. The summed E-state index contributed by atoms with van der Waals surface area (Å²) in [7, 11) is 0. The Kier molecular flexibility index (Phi) is 2.01. The first-order valence-corrected chi connectivity index (χ1v) is 3.45. The Morgan fingerprint density at radius 2 is 2.44 bits per heavy atom. The van der Waals surface area contributed by atoms with Gasteiger partial charge in [-0.1, -0.05) is 13.3 Å². The van der Waals surface area contributed by atoms with Gasteiger partial charge in [0.15, 0.2) is 0 Å². The summed E-state index contributed by atoms with van der Waals surface area (Å²) in [5.41, 5.74) is 0. The Morgan fingerprint density at radius 3 is 2.78 bits per heavy atom. The van der Waals surface area contributed by atoms with Crippen LogP contribution in [-0.2, 0) is 4.79 Å². The third kappa shape index (κ3) is 1.19. The first-order valence-electron chi connectivity index (χ1n) is 3.45. The van der Waals surface area contributed by atoms with Crippen molar-refractivity contribution >= 4 is 6.08 Å². The molecule has 0 heterocycles. The van der Waals surface area contributed by atoms with Crippen molar-refractivity contribution in [2.75, 3.05) is 0 Å². The van der Waals surface area contributed by atoms with Crippen LogP contribution in [0.5, 0.6) is 0 Å². The molecule has 0 aromatic carbocycles. The highest BCUT2D eigenvalue weighted by Gasteiger charge is 2.28. The first kappa shape index (κ1) is 6.50. The number of nitrogens with zero attached hydrogens (tertiary/aromatic N) is 1. The maximum atomic E-state index is 9.78. The Morgan fingerprint density at radius 1 is 1.67 bits per heavy atom. The lowest BCUT2D eigenvalue weighted by atomic mass is 9.78. The van der Waals surface area contributed by atoms with Gasteiger partial charge in [0.1, 0.15) is 0 Å². The molecule has 1 rings (SSSR count). The molecule has 0 aromatic rings. The minimum Gasteiger partial charge on any atom is -0.211 e. The summed E-state index contributed by atoms with van der Waals surface area (Å²) in [6.07, 6.45) is 5.09.